The van der Waals surface area contributed by atoms with E-state index in [2.05, 4.69) is 23.6 Å². The molecule has 0 N–H and O–H groups in total. The summed E-state index contributed by atoms with van der Waals surface area (Å²) in [7, 11) is 1.25. The third kappa shape index (κ3) is 10.2. The maximum atomic E-state index is 14.5. The predicted octanol–water partition coefficient (Wildman–Crippen LogP) is 6.58. The Morgan fingerprint density at radius 3 is 2.20 bits per heavy atom. The third-order valence-electron chi connectivity index (χ3n) is 5.02. The van der Waals surface area contributed by atoms with Crippen molar-refractivity contribution in [1.82, 2.24) is 0 Å². The molecule has 0 aliphatic rings. The first-order chi connectivity index (χ1) is 14.5. The number of Topliss-reactive ketones (excluding diaryl/α,β-unsaturated/α-hetero) is 1. The van der Waals surface area contributed by atoms with Crippen LogP contribution in [-0.2, 0) is 14.6 Å². The molecule has 1 unspecified atom stereocenters. The Morgan fingerprint density at radius 1 is 0.933 bits per heavy atom. The minimum absolute atomic E-state index is 0.0609. The van der Waals surface area contributed by atoms with E-state index in [-0.39, 0.29) is 17.1 Å². The second-order valence-corrected chi connectivity index (χ2v) is 7.61. The second-order valence-electron chi connectivity index (χ2n) is 7.61. The van der Waals surface area contributed by atoms with Crippen LogP contribution in [0, 0.1) is 5.82 Å². The molecule has 0 saturated carbocycles. The van der Waals surface area contributed by atoms with Crippen molar-refractivity contribution in [3.63, 3.8) is 0 Å². The Labute approximate surface area is 180 Å². The summed E-state index contributed by atoms with van der Waals surface area (Å²) >= 11 is 0. The van der Waals surface area contributed by atoms with E-state index in [0.717, 1.165) is 51.0 Å². The van der Waals surface area contributed by atoms with Crippen molar-refractivity contribution in [1.29, 1.82) is 0 Å². The highest BCUT2D eigenvalue weighted by molar-refractivity contribution is 5.96. The molecule has 30 heavy (non-hydrogen) atoms. The molecule has 1 aromatic rings. The number of ether oxygens (including phenoxy) is 1. The van der Waals surface area contributed by atoms with Crippen LogP contribution in [0.5, 0.6) is 5.75 Å². The molecular weight excluding hydrogens is 387 g/mol. The molecule has 0 aromatic heterocycles. The van der Waals surface area contributed by atoms with Gasteiger partial charge in [-0.1, -0.05) is 65.2 Å². The van der Waals surface area contributed by atoms with Gasteiger partial charge in [0.2, 0.25) is 0 Å². The van der Waals surface area contributed by atoms with Crippen molar-refractivity contribution < 1.29 is 28.5 Å². The van der Waals surface area contributed by atoms with Gasteiger partial charge in [0.1, 0.15) is 11.6 Å². The molecule has 0 saturated heterocycles. The zero-order valence-electron chi connectivity index (χ0n) is 18.7. The van der Waals surface area contributed by atoms with Gasteiger partial charge >= 0.3 is 5.97 Å². The van der Waals surface area contributed by atoms with Crippen LogP contribution in [0.15, 0.2) is 18.2 Å². The fourth-order valence-corrected chi connectivity index (χ4v) is 3.28. The summed E-state index contributed by atoms with van der Waals surface area (Å²) in [5.74, 6) is -1.30. The minimum Gasteiger partial charge on any atom is -0.478 e. The molecule has 0 heterocycles. The van der Waals surface area contributed by atoms with Crippen molar-refractivity contribution in [3.8, 4) is 5.75 Å². The average Bonchev–Trinajstić information content (AvgIpc) is 2.73. The Kier molecular flexibility index (Phi) is 13.8. The van der Waals surface area contributed by atoms with Gasteiger partial charge in [-0.05, 0) is 31.4 Å². The topological polar surface area (TPSA) is 61.8 Å². The van der Waals surface area contributed by atoms with Gasteiger partial charge in [-0.15, -0.1) is 0 Å². The van der Waals surface area contributed by atoms with Crippen molar-refractivity contribution in [2.75, 3.05) is 7.11 Å². The average molecular weight is 425 g/mol. The summed E-state index contributed by atoms with van der Waals surface area (Å²) in [6.07, 6.45) is 10.2. The van der Waals surface area contributed by atoms with Crippen LogP contribution in [0.4, 0.5) is 4.39 Å². The van der Waals surface area contributed by atoms with E-state index < -0.39 is 17.9 Å². The zero-order chi connectivity index (χ0) is 22.2. The lowest BCUT2D eigenvalue weighted by Gasteiger charge is -2.17. The van der Waals surface area contributed by atoms with Crippen LogP contribution >= 0.6 is 0 Å². The summed E-state index contributed by atoms with van der Waals surface area (Å²) in [5.41, 5.74) is 0.0609. The first-order valence-electron chi connectivity index (χ1n) is 11.3. The fraction of sp³-hybridized carbons (Fsp3) is 0.667. The molecule has 1 rings (SSSR count). The Bertz CT molecular complexity index is 632. The molecule has 0 aliphatic heterocycles. The summed E-state index contributed by atoms with van der Waals surface area (Å²) in [4.78, 5) is 33.4. The van der Waals surface area contributed by atoms with E-state index in [9.17, 15) is 14.0 Å². The van der Waals surface area contributed by atoms with Crippen LogP contribution in [0.3, 0.4) is 0 Å². The first-order valence-corrected chi connectivity index (χ1v) is 11.3. The van der Waals surface area contributed by atoms with Crippen LogP contribution < -0.4 is 4.74 Å². The van der Waals surface area contributed by atoms with Crippen LogP contribution in [0.1, 0.15) is 101 Å². The minimum atomic E-state index is -0.883. The van der Waals surface area contributed by atoms with Gasteiger partial charge in [0.25, 0.3) is 0 Å². The van der Waals surface area contributed by atoms with Gasteiger partial charge in [0, 0.05) is 12.5 Å². The van der Waals surface area contributed by atoms with Gasteiger partial charge in [0.05, 0.1) is 12.7 Å². The van der Waals surface area contributed by atoms with E-state index >= 15 is 0 Å². The number of halogens is 1. The number of rotatable bonds is 17. The molecule has 1 aromatic carbocycles. The first kappa shape index (κ1) is 26.1. The van der Waals surface area contributed by atoms with E-state index in [1.807, 2.05) is 0 Å². The van der Waals surface area contributed by atoms with Crippen molar-refractivity contribution in [3.05, 3.63) is 29.6 Å². The van der Waals surface area contributed by atoms with E-state index in [4.69, 9.17) is 4.74 Å². The number of benzene rings is 1. The Morgan fingerprint density at radius 2 is 1.57 bits per heavy atom. The van der Waals surface area contributed by atoms with Crippen molar-refractivity contribution in [2.45, 2.75) is 97.0 Å². The number of unbranched alkanes of at least 4 members (excludes halogenated alkanes) is 8. The van der Waals surface area contributed by atoms with Crippen molar-refractivity contribution >= 4 is 11.8 Å². The summed E-state index contributed by atoms with van der Waals surface area (Å²) in [5, 5.41) is 0. The van der Waals surface area contributed by atoms with Gasteiger partial charge < -0.3 is 4.74 Å². The molecule has 170 valence electrons. The number of ketones is 1. The molecule has 6 heteroatoms. The SMILES string of the molecule is CCCCCCCCC(Oc1ccc(C(=O)CCCCCC)c(F)c1)C(=O)OOC. The predicted molar refractivity (Wildman–Crippen MR) is 115 cm³/mol. The van der Waals surface area contributed by atoms with Crippen LogP contribution in [0.25, 0.3) is 0 Å². The highest BCUT2D eigenvalue weighted by atomic mass is 19.1. The van der Waals surface area contributed by atoms with Crippen LogP contribution in [-0.4, -0.2) is 25.0 Å². The monoisotopic (exact) mass is 424 g/mol. The fourth-order valence-electron chi connectivity index (χ4n) is 3.28. The van der Waals surface area contributed by atoms with Crippen LogP contribution in [0.2, 0.25) is 0 Å². The highest BCUT2D eigenvalue weighted by Gasteiger charge is 2.23. The summed E-state index contributed by atoms with van der Waals surface area (Å²) in [6, 6.07) is 4.11. The molecular formula is C24H37FO5. The molecule has 0 amide bonds. The Hall–Kier alpha value is -1.95. The lowest BCUT2D eigenvalue weighted by Crippen LogP contribution is -2.29. The summed E-state index contributed by atoms with van der Waals surface area (Å²) < 4.78 is 20.1. The molecule has 0 bridgehead atoms. The third-order valence-corrected chi connectivity index (χ3v) is 5.02. The Balaban J connectivity index is 2.66. The van der Waals surface area contributed by atoms with Gasteiger partial charge in [0.15, 0.2) is 11.9 Å². The lowest BCUT2D eigenvalue weighted by atomic mass is 10.0. The number of hydrogen-bond donors (Lipinski definition) is 0. The second kappa shape index (κ2) is 15.8. The number of hydrogen-bond acceptors (Lipinski definition) is 5. The molecule has 5 nitrogen and oxygen atoms in total. The van der Waals surface area contributed by atoms with Gasteiger partial charge in [-0.25, -0.2) is 9.18 Å². The molecule has 0 aliphatic carbocycles. The highest BCUT2D eigenvalue weighted by Crippen LogP contribution is 2.22. The standard InChI is InChI=1S/C24H37FO5/c1-4-6-8-10-11-13-15-23(24(27)30-28-3)29-19-16-17-20(21(25)18-19)22(26)14-12-9-7-5-2/h16-18,23H,4-15H2,1-3H3. The quantitative estimate of drug-likeness (QED) is 0.122. The number of carbonyl (C=O) groups excluding carboxylic acids is 2. The van der Waals surface area contributed by atoms with Gasteiger partial charge in [-0.2, -0.15) is 4.89 Å². The molecule has 0 fully saturated rings. The lowest BCUT2D eigenvalue weighted by molar-refractivity contribution is -0.261. The molecule has 1 atom stereocenters. The largest absolute Gasteiger partial charge is 0.478 e. The van der Waals surface area contributed by atoms with E-state index in [0.29, 0.717) is 12.8 Å². The maximum Gasteiger partial charge on any atom is 0.382 e. The summed E-state index contributed by atoms with van der Waals surface area (Å²) in [6.45, 7) is 4.26. The zero-order valence-corrected chi connectivity index (χ0v) is 18.7. The molecule has 0 spiro atoms. The number of carbonyl (C=O) groups is 2. The smallest absolute Gasteiger partial charge is 0.382 e. The van der Waals surface area contributed by atoms with Gasteiger partial charge in [-0.3, -0.25) is 9.68 Å². The van der Waals surface area contributed by atoms with Crippen molar-refractivity contribution in [2.24, 2.45) is 0 Å². The normalized spacial score (nSPS) is 11.9. The maximum absolute atomic E-state index is 14.5. The van der Waals surface area contributed by atoms with E-state index in [1.165, 1.54) is 38.5 Å². The molecule has 0 radical (unpaired) electrons. The van der Waals surface area contributed by atoms with E-state index in [1.54, 1.807) is 0 Å².